The molecule has 3 aromatic carbocycles. The maximum atomic E-state index is 13.0. The van der Waals surface area contributed by atoms with Crippen molar-refractivity contribution in [1.82, 2.24) is 4.98 Å². The average Bonchev–Trinajstić information content (AvgIpc) is 3.12. The van der Waals surface area contributed by atoms with E-state index in [-0.39, 0.29) is 5.43 Å². The molecule has 0 saturated heterocycles. The van der Waals surface area contributed by atoms with Crippen LogP contribution in [0.25, 0.3) is 44.5 Å². The molecule has 0 N–H and O–H groups in total. The van der Waals surface area contributed by atoms with Gasteiger partial charge >= 0.3 is 0 Å². The molecule has 5 rings (SSSR count). The molecule has 0 unspecified atom stereocenters. The Morgan fingerprint density at radius 1 is 0.923 bits per heavy atom. The Hall–Kier alpha value is -3.60. The lowest BCUT2D eigenvalue weighted by atomic mass is 10.1. The quantitative estimate of drug-likeness (QED) is 0.432. The van der Waals surface area contributed by atoms with Crippen molar-refractivity contribution in [1.29, 1.82) is 0 Å². The predicted octanol–water partition coefficient (Wildman–Crippen LogP) is 4.76. The normalized spacial score (nSPS) is 11.4. The van der Waals surface area contributed by atoms with Gasteiger partial charge in [0.05, 0.1) is 12.5 Å². The number of fused-ring (bicyclic) bond motifs is 4. The van der Waals surface area contributed by atoms with Crippen molar-refractivity contribution in [3.63, 3.8) is 0 Å². The van der Waals surface area contributed by atoms with Crippen LogP contribution in [0.3, 0.4) is 0 Å². The van der Waals surface area contributed by atoms with E-state index in [9.17, 15) is 4.79 Å². The van der Waals surface area contributed by atoms with Crippen molar-refractivity contribution in [3.05, 3.63) is 70.9 Å². The summed E-state index contributed by atoms with van der Waals surface area (Å²) in [5.74, 6) is 0.869. The highest BCUT2D eigenvalue weighted by Crippen LogP contribution is 2.35. The predicted molar refractivity (Wildman–Crippen MR) is 99.5 cm³/mol. The van der Waals surface area contributed by atoms with Crippen LogP contribution >= 0.6 is 0 Å². The first-order valence-electron chi connectivity index (χ1n) is 8.15. The number of ether oxygens (including phenoxy) is 1. The van der Waals surface area contributed by atoms with Crippen LogP contribution in [0.15, 0.2) is 74.3 Å². The van der Waals surface area contributed by atoms with Crippen molar-refractivity contribution in [3.8, 4) is 17.2 Å². The molecule has 0 radical (unpaired) electrons. The van der Waals surface area contributed by atoms with Gasteiger partial charge < -0.3 is 13.6 Å². The van der Waals surface area contributed by atoms with Gasteiger partial charge in [-0.15, -0.1) is 0 Å². The molecule has 5 heteroatoms. The van der Waals surface area contributed by atoms with E-state index in [4.69, 9.17) is 13.6 Å². The smallest absolute Gasteiger partial charge is 0.227 e. The van der Waals surface area contributed by atoms with Crippen LogP contribution in [0, 0.1) is 0 Å². The summed E-state index contributed by atoms with van der Waals surface area (Å²) in [6.07, 6.45) is 0. The maximum absolute atomic E-state index is 13.0. The zero-order valence-electron chi connectivity index (χ0n) is 13.9. The van der Waals surface area contributed by atoms with E-state index in [1.54, 1.807) is 24.3 Å². The SMILES string of the molecule is COc1cc2oc(-c3ccccc3)nc2c2oc3ccccc3c(=O)c12. The van der Waals surface area contributed by atoms with Crippen molar-refractivity contribution in [2.45, 2.75) is 0 Å². The number of para-hydroxylation sites is 1. The van der Waals surface area contributed by atoms with Gasteiger partial charge in [0.25, 0.3) is 0 Å². The summed E-state index contributed by atoms with van der Waals surface area (Å²) in [4.78, 5) is 17.6. The van der Waals surface area contributed by atoms with E-state index in [0.29, 0.717) is 44.7 Å². The summed E-state index contributed by atoms with van der Waals surface area (Å²) in [5, 5.41) is 0.871. The van der Waals surface area contributed by atoms with Gasteiger partial charge in [-0.05, 0) is 24.3 Å². The fraction of sp³-hybridized carbons (Fsp3) is 0.0476. The van der Waals surface area contributed by atoms with Crippen LogP contribution in [0.1, 0.15) is 0 Å². The lowest BCUT2D eigenvalue weighted by Gasteiger charge is -2.06. The molecule has 0 fully saturated rings. The fourth-order valence-electron chi connectivity index (χ4n) is 3.18. The molecular formula is C21H13NO4. The number of rotatable bonds is 2. The fourth-order valence-corrected chi connectivity index (χ4v) is 3.18. The first-order valence-corrected chi connectivity index (χ1v) is 8.15. The average molecular weight is 343 g/mol. The molecule has 0 spiro atoms. The highest BCUT2D eigenvalue weighted by Gasteiger charge is 2.20. The van der Waals surface area contributed by atoms with Crippen LogP contribution in [-0.2, 0) is 0 Å². The molecule has 0 bridgehead atoms. The van der Waals surface area contributed by atoms with E-state index >= 15 is 0 Å². The Kier molecular flexibility index (Phi) is 3.09. The number of benzene rings is 3. The number of hydrogen-bond acceptors (Lipinski definition) is 5. The zero-order chi connectivity index (χ0) is 17.7. The lowest BCUT2D eigenvalue weighted by Crippen LogP contribution is -2.04. The number of hydrogen-bond donors (Lipinski definition) is 0. The van der Waals surface area contributed by atoms with Crippen molar-refractivity contribution in [2.75, 3.05) is 7.11 Å². The van der Waals surface area contributed by atoms with Gasteiger partial charge in [0.2, 0.25) is 11.3 Å². The lowest BCUT2D eigenvalue weighted by molar-refractivity contribution is 0.418. The Labute approximate surface area is 147 Å². The topological polar surface area (TPSA) is 65.5 Å². The molecule has 2 heterocycles. The summed E-state index contributed by atoms with van der Waals surface area (Å²) >= 11 is 0. The third kappa shape index (κ3) is 2.04. The zero-order valence-corrected chi connectivity index (χ0v) is 13.9. The van der Waals surface area contributed by atoms with E-state index in [0.717, 1.165) is 5.56 Å². The number of aromatic nitrogens is 1. The van der Waals surface area contributed by atoms with Crippen LogP contribution in [0.5, 0.6) is 5.75 Å². The van der Waals surface area contributed by atoms with Gasteiger partial charge in [0.15, 0.2) is 16.7 Å². The molecule has 5 nitrogen and oxygen atoms in total. The molecule has 0 aliphatic rings. The van der Waals surface area contributed by atoms with Gasteiger partial charge in [-0.3, -0.25) is 4.79 Å². The second-order valence-electron chi connectivity index (χ2n) is 5.94. The molecule has 0 atom stereocenters. The Morgan fingerprint density at radius 2 is 1.69 bits per heavy atom. The van der Waals surface area contributed by atoms with Crippen LogP contribution in [-0.4, -0.2) is 12.1 Å². The third-order valence-electron chi connectivity index (χ3n) is 4.42. The van der Waals surface area contributed by atoms with Crippen LogP contribution in [0.2, 0.25) is 0 Å². The Balaban J connectivity index is 1.95. The van der Waals surface area contributed by atoms with Gasteiger partial charge in [-0.1, -0.05) is 30.3 Å². The Morgan fingerprint density at radius 3 is 2.50 bits per heavy atom. The minimum absolute atomic E-state index is 0.148. The second-order valence-corrected chi connectivity index (χ2v) is 5.94. The molecule has 0 aliphatic heterocycles. The number of oxazole rings is 1. The molecule has 0 aliphatic carbocycles. The second kappa shape index (κ2) is 5.46. The standard InChI is InChI=1S/C21H13NO4/c1-24-15-11-16-18(22-21(26-16)12-7-3-2-4-8-12)20-17(15)19(23)13-9-5-6-10-14(13)25-20/h2-11H,1H3. The summed E-state index contributed by atoms with van der Waals surface area (Å²) in [7, 11) is 1.52. The monoisotopic (exact) mass is 343 g/mol. The van der Waals surface area contributed by atoms with Gasteiger partial charge in [0, 0.05) is 11.6 Å². The molecular weight excluding hydrogens is 330 g/mol. The molecule has 0 amide bonds. The highest BCUT2D eigenvalue weighted by atomic mass is 16.5. The maximum Gasteiger partial charge on any atom is 0.227 e. The first kappa shape index (κ1) is 14.7. The highest BCUT2D eigenvalue weighted by molar-refractivity contribution is 6.06. The minimum atomic E-state index is -0.148. The number of methoxy groups -OCH3 is 1. The summed E-state index contributed by atoms with van der Waals surface area (Å²) in [6.45, 7) is 0. The summed E-state index contributed by atoms with van der Waals surface area (Å²) in [6, 6.07) is 18.4. The van der Waals surface area contributed by atoms with Crippen LogP contribution in [0.4, 0.5) is 0 Å². The van der Waals surface area contributed by atoms with Gasteiger partial charge in [-0.25, -0.2) is 4.98 Å². The minimum Gasteiger partial charge on any atom is -0.496 e. The number of nitrogens with zero attached hydrogens (tertiary/aromatic N) is 1. The van der Waals surface area contributed by atoms with Gasteiger partial charge in [0.1, 0.15) is 16.7 Å². The molecule has 2 aromatic heterocycles. The largest absolute Gasteiger partial charge is 0.496 e. The summed E-state index contributed by atoms with van der Waals surface area (Å²) in [5.41, 5.74) is 2.58. The van der Waals surface area contributed by atoms with Crippen molar-refractivity contribution in [2.24, 2.45) is 0 Å². The summed E-state index contributed by atoms with van der Waals surface area (Å²) < 4.78 is 17.4. The van der Waals surface area contributed by atoms with Gasteiger partial charge in [-0.2, -0.15) is 0 Å². The van der Waals surface area contributed by atoms with E-state index < -0.39 is 0 Å². The van der Waals surface area contributed by atoms with E-state index in [1.165, 1.54) is 7.11 Å². The van der Waals surface area contributed by atoms with E-state index in [2.05, 4.69) is 4.98 Å². The van der Waals surface area contributed by atoms with Crippen molar-refractivity contribution < 1.29 is 13.6 Å². The molecule has 26 heavy (non-hydrogen) atoms. The van der Waals surface area contributed by atoms with Crippen LogP contribution < -0.4 is 10.2 Å². The van der Waals surface area contributed by atoms with Crippen molar-refractivity contribution >= 4 is 33.0 Å². The van der Waals surface area contributed by atoms with E-state index in [1.807, 2.05) is 36.4 Å². The molecule has 126 valence electrons. The third-order valence-corrected chi connectivity index (χ3v) is 4.42. The molecule has 0 saturated carbocycles. The molecule has 5 aromatic rings. The first-order chi connectivity index (χ1) is 12.8. The Bertz CT molecular complexity index is 1330.